The summed E-state index contributed by atoms with van der Waals surface area (Å²) in [6, 6.07) is 6.24. The molecule has 4 aliphatic heterocycles. The Morgan fingerprint density at radius 1 is 0.820 bits per heavy atom. The number of carbonyl (C=O) groups is 2. The van der Waals surface area contributed by atoms with Gasteiger partial charge >= 0.3 is 5.97 Å². The molecule has 0 amide bonds. The van der Waals surface area contributed by atoms with E-state index < -0.39 is 18.3 Å². The molecule has 7 aliphatic rings. The number of anilines is 1. The summed E-state index contributed by atoms with van der Waals surface area (Å²) >= 11 is 13.3. The molecule has 14 heteroatoms. The van der Waals surface area contributed by atoms with Crippen LogP contribution in [0.3, 0.4) is 0 Å². The first-order valence-corrected chi connectivity index (χ1v) is 23.6. The maximum Gasteiger partial charge on any atom is 0.306 e. The highest BCUT2D eigenvalue weighted by Crippen LogP contribution is 2.65. The Balaban J connectivity index is 1.12. The standard InChI is InChI=1S/C47H68Cl2N2O10/c1-10-29-12-11-13-37(61-39-15-14-36(50(5)6)24(3)57-39)23(2)43(53)35-21-32-31-19-30(60-47-46(56-9)45(55-8)44(54-7)25(4)58-47)20-34(31)41-42(40(32)33(35)22-38(52)59-29)51(41)28-17-26(48)16-27(49)18-28/h16-18,21,23-25,29-34,36-37,39-42,44-47H,10-15,19-20,22H2,1-9H3/t23-,24-,25+,29+,30+,31+,32+,33-,34-,36+,37+,39+,40-,41+,42-,44+,45-,46-,47+,51?/m1/s1. The van der Waals surface area contributed by atoms with E-state index in [0.29, 0.717) is 22.5 Å². The van der Waals surface area contributed by atoms with Crippen molar-refractivity contribution in [2.45, 2.75) is 165 Å². The van der Waals surface area contributed by atoms with Crippen LogP contribution in [0.4, 0.5) is 5.69 Å². The smallest absolute Gasteiger partial charge is 0.306 e. The minimum absolute atomic E-state index is 0.00709. The largest absolute Gasteiger partial charge is 0.462 e. The second-order valence-corrected chi connectivity index (χ2v) is 20.0. The fourth-order valence-corrected chi connectivity index (χ4v) is 13.2. The van der Waals surface area contributed by atoms with Crippen LogP contribution in [-0.4, -0.2) is 132 Å². The number of likely N-dealkylation sites (N-methyl/N-ethyl adjacent to an activating group) is 1. The minimum Gasteiger partial charge on any atom is -0.462 e. The fraction of sp³-hybridized carbons (Fsp3) is 0.787. The van der Waals surface area contributed by atoms with Crippen LogP contribution in [0.25, 0.3) is 0 Å². The Bertz CT molecular complexity index is 1750. The molecule has 6 fully saturated rings. The number of hydrogen-bond donors (Lipinski definition) is 0. The zero-order valence-corrected chi connectivity index (χ0v) is 38.9. The zero-order chi connectivity index (χ0) is 43.4. The average molecular weight is 892 g/mol. The van der Waals surface area contributed by atoms with Crippen LogP contribution < -0.4 is 4.90 Å². The molecule has 2 saturated carbocycles. The lowest BCUT2D eigenvalue weighted by atomic mass is 9.66. The molecule has 0 spiro atoms. The highest BCUT2D eigenvalue weighted by Gasteiger charge is 2.69. The van der Waals surface area contributed by atoms with E-state index in [9.17, 15) is 4.79 Å². The van der Waals surface area contributed by atoms with Gasteiger partial charge < -0.3 is 47.7 Å². The Labute approximate surface area is 372 Å². The number of rotatable bonds is 10. The van der Waals surface area contributed by atoms with E-state index in [2.05, 4.69) is 43.8 Å². The van der Waals surface area contributed by atoms with Crippen molar-refractivity contribution in [3.8, 4) is 0 Å². The van der Waals surface area contributed by atoms with E-state index in [4.69, 9.17) is 61.1 Å². The lowest BCUT2D eigenvalue weighted by Gasteiger charge is -2.44. The Morgan fingerprint density at radius 3 is 2.18 bits per heavy atom. The molecule has 1 aromatic rings. The third-order valence-electron chi connectivity index (χ3n) is 15.6. The van der Waals surface area contributed by atoms with Crippen LogP contribution in [0.5, 0.6) is 0 Å². The van der Waals surface area contributed by atoms with Crippen molar-refractivity contribution in [2.24, 2.45) is 35.5 Å². The Hall–Kier alpha value is -1.84. The fourth-order valence-electron chi connectivity index (χ4n) is 12.7. The molecule has 19 atom stereocenters. The van der Waals surface area contributed by atoms with Crippen LogP contribution >= 0.6 is 23.2 Å². The number of halogens is 2. The number of methoxy groups -OCH3 is 3. The van der Waals surface area contributed by atoms with Crippen molar-refractivity contribution in [3.63, 3.8) is 0 Å². The van der Waals surface area contributed by atoms with Gasteiger partial charge in [0.1, 0.15) is 24.4 Å². The molecule has 3 aliphatic carbocycles. The van der Waals surface area contributed by atoms with Gasteiger partial charge in [0.25, 0.3) is 0 Å². The second kappa shape index (κ2) is 18.9. The molecule has 0 bridgehead atoms. The van der Waals surface area contributed by atoms with Crippen LogP contribution in [0.15, 0.2) is 29.8 Å². The summed E-state index contributed by atoms with van der Waals surface area (Å²) in [6.45, 7) is 8.17. The first-order valence-electron chi connectivity index (χ1n) is 22.8. The topological polar surface area (TPSA) is 114 Å². The molecule has 4 saturated heterocycles. The number of ether oxygens (including phenoxy) is 8. The maximum absolute atomic E-state index is 15.2. The predicted octanol–water partition coefficient (Wildman–Crippen LogP) is 7.50. The normalized spacial score (nSPS) is 44.0. The lowest BCUT2D eigenvalue weighted by Crippen LogP contribution is -2.59. The second-order valence-electron chi connectivity index (χ2n) is 19.1. The van der Waals surface area contributed by atoms with Gasteiger partial charge in [-0.05, 0) is 127 Å². The number of benzene rings is 1. The maximum atomic E-state index is 15.2. The van der Waals surface area contributed by atoms with Crippen molar-refractivity contribution in [3.05, 3.63) is 39.9 Å². The lowest BCUT2D eigenvalue weighted by molar-refractivity contribution is -0.314. The first kappa shape index (κ1) is 45.7. The average Bonchev–Trinajstić information content (AvgIpc) is 3.63. The Morgan fingerprint density at radius 2 is 1.52 bits per heavy atom. The van der Waals surface area contributed by atoms with Gasteiger partial charge in [-0.3, -0.25) is 9.59 Å². The van der Waals surface area contributed by atoms with E-state index in [1.54, 1.807) is 27.4 Å². The summed E-state index contributed by atoms with van der Waals surface area (Å²) in [6.07, 6.45) is 5.44. The third-order valence-corrected chi connectivity index (χ3v) is 16.0. The van der Waals surface area contributed by atoms with Gasteiger partial charge in [-0.2, -0.15) is 0 Å². The van der Waals surface area contributed by atoms with Crippen molar-refractivity contribution >= 4 is 40.6 Å². The summed E-state index contributed by atoms with van der Waals surface area (Å²) in [7, 11) is 9.15. The number of Topliss-reactive ketones (excluding diaryl/α,β-unsaturated/α-hetero) is 1. The summed E-state index contributed by atoms with van der Waals surface area (Å²) < 4.78 is 50.5. The molecule has 340 valence electrons. The molecule has 12 nitrogen and oxygen atoms in total. The van der Waals surface area contributed by atoms with Crippen molar-refractivity contribution < 1.29 is 47.5 Å². The molecule has 0 aromatic heterocycles. The quantitative estimate of drug-likeness (QED) is 0.171. The predicted molar refractivity (Wildman–Crippen MR) is 232 cm³/mol. The highest BCUT2D eigenvalue weighted by atomic mass is 35.5. The summed E-state index contributed by atoms with van der Waals surface area (Å²) in [4.78, 5) is 33.9. The minimum atomic E-state index is -0.655. The molecular weight excluding hydrogens is 823 g/mol. The van der Waals surface area contributed by atoms with E-state index in [-0.39, 0.29) is 109 Å². The van der Waals surface area contributed by atoms with Gasteiger partial charge in [-0.1, -0.05) is 43.1 Å². The summed E-state index contributed by atoms with van der Waals surface area (Å²) in [5.41, 5.74) is 1.69. The number of hydrogen-bond acceptors (Lipinski definition) is 12. The van der Waals surface area contributed by atoms with E-state index in [1.165, 1.54) is 0 Å². The first-order chi connectivity index (χ1) is 29.3. The van der Waals surface area contributed by atoms with Gasteiger partial charge in [0, 0.05) is 54.9 Å². The molecule has 0 radical (unpaired) electrons. The highest BCUT2D eigenvalue weighted by molar-refractivity contribution is 6.35. The monoisotopic (exact) mass is 890 g/mol. The van der Waals surface area contributed by atoms with Crippen molar-refractivity contribution in [2.75, 3.05) is 40.3 Å². The SMILES string of the molecule is CC[C@H]1CCC[C@H](O[C@H]2CC[C@H](N(C)C)[C@@H](C)O2)[C@@H](C)C(=O)C2=C[C@H]3[C@@H]4C[C@H](O[C@@H]5O[C@@H](C)[C@H](OC)[C@@H](OC)[C@H]5OC)C[C@H]4[C@H]4[C@@H]([C@H]3[C@@H]2CC(=O)O1)N4c1cc(Cl)cc(Cl)c1. The number of carbonyl (C=O) groups excluding carboxylic acids is 2. The van der Waals surface area contributed by atoms with Crippen LogP contribution in [0, 0.1) is 35.5 Å². The van der Waals surface area contributed by atoms with Gasteiger partial charge in [0.15, 0.2) is 18.4 Å². The van der Waals surface area contributed by atoms with Crippen molar-refractivity contribution in [1.82, 2.24) is 4.90 Å². The number of nitrogens with zero attached hydrogens (tertiary/aromatic N) is 2. The van der Waals surface area contributed by atoms with Gasteiger partial charge in [0.05, 0.1) is 42.9 Å². The number of cyclic esters (lactones) is 1. The third kappa shape index (κ3) is 8.95. The molecule has 61 heavy (non-hydrogen) atoms. The molecule has 0 unspecified atom stereocenters. The van der Waals surface area contributed by atoms with Gasteiger partial charge in [-0.25, -0.2) is 0 Å². The van der Waals surface area contributed by atoms with E-state index in [1.807, 2.05) is 26.0 Å². The summed E-state index contributed by atoms with van der Waals surface area (Å²) in [5, 5.41) is 1.13. The molecule has 4 heterocycles. The van der Waals surface area contributed by atoms with Crippen LogP contribution in [0.1, 0.15) is 85.5 Å². The number of fused-ring (bicyclic) bond motifs is 8. The molecule has 1 aromatic carbocycles. The molecule has 8 rings (SSSR count). The number of ketones is 1. The molecular formula is C47H68Cl2N2O10. The Kier molecular flexibility index (Phi) is 14.2. The van der Waals surface area contributed by atoms with Gasteiger partial charge in [-0.15, -0.1) is 0 Å². The van der Waals surface area contributed by atoms with E-state index in [0.717, 1.165) is 56.2 Å². The number of esters is 1. The zero-order valence-electron chi connectivity index (χ0n) is 37.4. The molecule has 0 N–H and O–H groups in total. The summed E-state index contributed by atoms with van der Waals surface area (Å²) in [5.74, 6) is -0.462. The van der Waals surface area contributed by atoms with E-state index >= 15 is 4.79 Å². The van der Waals surface area contributed by atoms with Crippen LogP contribution in [0.2, 0.25) is 10.0 Å². The van der Waals surface area contributed by atoms with Crippen LogP contribution in [-0.2, 0) is 47.5 Å². The van der Waals surface area contributed by atoms with Crippen molar-refractivity contribution in [1.29, 1.82) is 0 Å². The number of allylic oxidation sites excluding steroid dienone is 2. The van der Waals surface area contributed by atoms with Gasteiger partial charge in [0.2, 0.25) is 0 Å².